The highest BCUT2D eigenvalue weighted by molar-refractivity contribution is 5.67. The van der Waals surface area contributed by atoms with Crippen molar-refractivity contribution < 1.29 is 0 Å². The van der Waals surface area contributed by atoms with Crippen LogP contribution in [0.15, 0.2) is 49.2 Å². The fraction of sp³-hybridized carbons (Fsp3) is 0.250. The molecule has 2 heterocycles. The summed E-state index contributed by atoms with van der Waals surface area (Å²) in [5, 5.41) is 3.20. The van der Waals surface area contributed by atoms with Gasteiger partial charge < -0.3 is 10.2 Å². The molecule has 3 rings (SSSR count). The monoisotopic (exact) mass is 266 g/mol. The van der Waals surface area contributed by atoms with Crippen LogP contribution < -0.4 is 10.2 Å². The lowest BCUT2D eigenvalue weighted by atomic mass is 10.1. The van der Waals surface area contributed by atoms with Crippen molar-refractivity contribution in [1.29, 1.82) is 0 Å². The van der Waals surface area contributed by atoms with Crippen LogP contribution in [0, 0.1) is 0 Å². The number of anilines is 3. The number of para-hydroxylation sites is 1. The van der Waals surface area contributed by atoms with Crippen molar-refractivity contribution in [2.45, 2.75) is 19.4 Å². The van der Waals surface area contributed by atoms with Gasteiger partial charge in [0.15, 0.2) is 0 Å². The maximum absolute atomic E-state index is 4.60. The summed E-state index contributed by atoms with van der Waals surface area (Å²) in [5.41, 5.74) is 2.56. The second kappa shape index (κ2) is 5.33. The van der Waals surface area contributed by atoms with Gasteiger partial charge in [-0.15, -0.1) is 6.58 Å². The molecule has 1 aliphatic rings. The number of rotatable bonds is 4. The summed E-state index contributed by atoms with van der Waals surface area (Å²) < 4.78 is 0. The Balaban J connectivity index is 1.94. The summed E-state index contributed by atoms with van der Waals surface area (Å²) in [6, 6.07) is 10.7. The van der Waals surface area contributed by atoms with Crippen LogP contribution in [-0.2, 0) is 6.42 Å². The average molecular weight is 266 g/mol. The Morgan fingerprint density at radius 3 is 3.10 bits per heavy atom. The van der Waals surface area contributed by atoms with Gasteiger partial charge in [-0.05, 0) is 31.0 Å². The van der Waals surface area contributed by atoms with Crippen LogP contribution in [0.1, 0.15) is 12.5 Å². The third-order valence-corrected chi connectivity index (χ3v) is 3.49. The molecule has 20 heavy (non-hydrogen) atoms. The van der Waals surface area contributed by atoms with Crippen molar-refractivity contribution >= 4 is 17.5 Å². The van der Waals surface area contributed by atoms with Crippen molar-refractivity contribution in [3.05, 3.63) is 54.7 Å². The Labute approximate surface area is 119 Å². The zero-order valence-corrected chi connectivity index (χ0v) is 11.6. The largest absolute Gasteiger partial charge is 0.366 e. The van der Waals surface area contributed by atoms with Crippen LogP contribution in [0.5, 0.6) is 0 Å². The first-order chi connectivity index (χ1) is 9.79. The van der Waals surface area contributed by atoms with E-state index in [0.717, 1.165) is 18.2 Å². The molecular weight excluding hydrogens is 248 g/mol. The van der Waals surface area contributed by atoms with Gasteiger partial charge >= 0.3 is 0 Å². The van der Waals surface area contributed by atoms with Gasteiger partial charge in [0.05, 0.1) is 0 Å². The molecule has 1 aliphatic heterocycles. The van der Waals surface area contributed by atoms with Crippen molar-refractivity contribution in [2.24, 2.45) is 0 Å². The van der Waals surface area contributed by atoms with E-state index in [2.05, 4.69) is 58.0 Å². The van der Waals surface area contributed by atoms with Gasteiger partial charge in [-0.3, -0.25) is 0 Å². The summed E-state index contributed by atoms with van der Waals surface area (Å²) in [4.78, 5) is 11.2. The lowest BCUT2D eigenvalue weighted by Crippen LogP contribution is -2.26. The maximum atomic E-state index is 4.60. The van der Waals surface area contributed by atoms with E-state index in [0.29, 0.717) is 12.6 Å². The zero-order chi connectivity index (χ0) is 13.9. The minimum atomic E-state index is 0.377. The highest BCUT2D eigenvalue weighted by atomic mass is 15.3. The Morgan fingerprint density at radius 1 is 1.40 bits per heavy atom. The molecular formula is C16H18N4. The van der Waals surface area contributed by atoms with Crippen molar-refractivity contribution in [1.82, 2.24) is 9.97 Å². The molecule has 0 spiro atoms. The SMILES string of the molecule is C=CCNc1ccnc(N2c3ccccc3CC2C)n1. The van der Waals surface area contributed by atoms with Gasteiger partial charge in [0.25, 0.3) is 0 Å². The van der Waals surface area contributed by atoms with Crippen molar-refractivity contribution in [2.75, 3.05) is 16.8 Å². The van der Waals surface area contributed by atoms with E-state index in [-0.39, 0.29) is 0 Å². The molecule has 0 saturated carbocycles. The molecule has 1 N–H and O–H groups in total. The van der Waals surface area contributed by atoms with E-state index in [1.165, 1.54) is 11.3 Å². The normalized spacial score (nSPS) is 16.9. The zero-order valence-electron chi connectivity index (χ0n) is 11.6. The van der Waals surface area contributed by atoms with Gasteiger partial charge in [0.1, 0.15) is 5.82 Å². The van der Waals surface area contributed by atoms with Crippen LogP contribution in [0.4, 0.5) is 17.5 Å². The molecule has 1 unspecified atom stereocenters. The fourth-order valence-corrected chi connectivity index (χ4v) is 2.61. The van der Waals surface area contributed by atoms with Gasteiger partial charge in [-0.2, -0.15) is 4.98 Å². The Kier molecular flexibility index (Phi) is 3.37. The van der Waals surface area contributed by atoms with Gasteiger partial charge in [0, 0.05) is 24.5 Å². The minimum absolute atomic E-state index is 0.377. The molecule has 1 aromatic carbocycles. The molecule has 0 radical (unpaired) electrons. The summed E-state index contributed by atoms with van der Waals surface area (Å²) in [5.74, 6) is 1.57. The second-order valence-corrected chi connectivity index (χ2v) is 4.96. The smallest absolute Gasteiger partial charge is 0.232 e. The highest BCUT2D eigenvalue weighted by Gasteiger charge is 2.28. The van der Waals surface area contributed by atoms with E-state index in [1.54, 1.807) is 6.20 Å². The number of nitrogens with one attached hydrogen (secondary N) is 1. The van der Waals surface area contributed by atoms with Gasteiger partial charge in [-0.25, -0.2) is 4.98 Å². The van der Waals surface area contributed by atoms with Crippen LogP contribution in [0.3, 0.4) is 0 Å². The number of hydrogen-bond donors (Lipinski definition) is 1. The molecule has 4 nitrogen and oxygen atoms in total. The molecule has 0 amide bonds. The van der Waals surface area contributed by atoms with Gasteiger partial charge in [0.2, 0.25) is 5.95 Å². The van der Waals surface area contributed by atoms with E-state index >= 15 is 0 Å². The molecule has 0 saturated heterocycles. The number of aromatic nitrogens is 2. The third kappa shape index (κ3) is 2.25. The first-order valence-electron chi connectivity index (χ1n) is 6.84. The number of hydrogen-bond acceptors (Lipinski definition) is 4. The predicted octanol–water partition coefficient (Wildman–Crippen LogP) is 3.16. The number of benzene rings is 1. The molecule has 1 aromatic heterocycles. The van der Waals surface area contributed by atoms with Crippen LogP contribution in [0.25, 0.3) is 0 Å². The Bertz CT molecular complexity index is 623. The quantitative estimate of drug-likeness (QED) is 0.863. The highest BCUT2D eigenvalue weighted by Crippen LogP contribution is 2.36. The topological polar surface area (TPSA) is 41.1 Å². The third-order valence-electron chi connectivity index (χ3n) is 3.49. The van der Waals surface area contributed by atoms with Gasteiger partial charge in [-0.1, -0.05) is 24.3 Å². The molecule has 0 bridgehead atoms. The van der Waals surface area contributed by atoms with E-state index in [1.807, 2.05) is 12.1 Å². The van der Waals surface area contributed by atoms with Crippen molar-refractivity contribution in [3.8, 4) is 0 Å². The fourth-order valence-electron chi connectivity index (χ4n) is 2.61. The van der Waals surface area contributed by atoms with E-state index in [9.17, 15) is 0 Å². The lowest BCUT2D eigenvalue weighted by Gasteiger charge is -2.22. The Hall–Kier alpha value is -2.36. The summed E-state index contributed by atoms with van der Waals surface area (Å²) >= 11 is 0. The molecule has 102 valence electrons. The predicted molar refractivity (Wildman–Crippen MR) is 82.5 cm³/mol. The molecule has 0 aliphatic carbocycles. The van der Waals surface area contributed by atoms with Crippen LogP contribution >= 0.6 is 0 Å². The van der Waals surface area contributed by atoms with Crippen LogP contribution in [-0.4, -0.2) is 22.6 Å². The maximum Gasteiger partial charge on any atom is 0.232 e. The second-order valence-electron chi connectivity index (χ2n) is 4.96. The number of nitrogens with zero attached hydrogens (tertiary/aromatic N) is 3. The summed E-state index contributed by atoms with van der Waals surface area (Å²) in [6.45, 7) is 6.60. The van der Waals surface area contributed by atoms with E-state index in [4.69, 9.17) is 0 Å². The summed E-state index contributed by atoms with van der Waals surface area (Å²) in [7, 11) is 0. The molecule has 4 heteroatoms. The summed E-state index contributed by atoms with van der Waals surface area (Å²) in [6.07, 6.45) is 4.64. The van der Waals surface area contributed by atoms with Crippen LogP contribution in [0.2, 0.25) is 0 Å². The number of fused-ring (bicyclic) bond motifs is 1. The average Bonchev–Trinajstić information content (AvgIpc) is 2.81. The molecule has 0 fully saturated rings. The molecule has 1 atom stereocenters. The first-order valence-corrected chi connectivity index (χ1v) is 6.84. The van der Waals surface area contributed by atoms with Crippen molar-refractivity contribution in [3.63, 3.8) is 0 Å². The Morgan fingerprint density at radius 2 is 2.25 bits per heavy atom. The minimum Gasteiger partial charge on any atom is -0.366 e. The molecule has 2 aromatic rings. The van der Waals surface area contributed by atoms with E-state index < -0.39 is 0 Å². The lowest BCUT2D eigenvalue weighted by molar-refractivity contribution is 0.740. The standard InChI is InChI=1S/C16H18N4/c1-3-9-17-15-8-10-18-16(19-15)20-12(2)11-13-6-4-5-7-14(13)20/h3-8,10,12H,1,9,11H2,2H3,(H,17,18,19). The first kappa shape index (κ1) is 12.7.